The molecule has 8 heteroatoms. The molecule has 0 aliphatic carbocycles. The molecule has 0 aromatic heterocycles. The van der Waals surface area contributed by atoms with Crippen molar-refractivity contribution in [1.29, 1.82) is 0 Å². The summed E-state index contributed by atoms with van der Waals surface area (Å²) < 4.78 is 0. The number of amides is 2. The molecule has 6 nitrogen and oxygen atoms in total. The van der Waals surface area contributed by atoms with Crippen molar-refractivity contribution in [3.63, 3.8) is 0 Å². The summed E-state index contributed by atoms with van der Waals surface area (Å²) in [4.78, 5) is 38.1. The van der Waals surface area contributed by atoms with Crippen molar-refractivity contribution in [2.75, 3.05) is 11.4 Å². The highest BCUT2D eigenvalue weighted by molar-refractivity contribution is 6.42. The van der Waals surface area contributed by atoms with Crippen LogP contribution in [0.3, 0.4) is 0 Å². The Morgan fingerprint density at radius 2 is 1.77 bits per heavy atom. The zero-order valence-corrected chi connectivity index (χ0v) is 14.9. The maximum atomic E-state index is 12.7. The summed E-state index contributed by atoms with van der Waals surface area (Å²) in [5, 5.41) is 12.5. The number of aliphatic carboxylic acids is 1. The van der Waals surface area contributed by atoms with Crippen molar-refractivity contribution >= 4 is 46.7 Å². The lowest BCUT2D eigenvalue weighted by Gasteiger charge is -2.17. The highest BCUT2D eigenvalue weighted by atomic mass is 35.5. The van der Waals surface area contributed by atoms with Crippen LogP contribution in [0.1, 0.15) is 10.4 Å². The Hall–Kier alpha value is -2.57. The van der Waals surface area contributed by atoms with Gasteiger partial charge in [-0.3, -0.25) is 14.4 Å². The van der Waals surface area contributed by atoms with E-state index in [4.69, 9.17) is 23.2 Å². The second-order valence-electron chi connectivity index (χ2n) is 5.81. The van der Waals surface area contributed by atoms with E-state index in [1.165, 1.54) is 23.1 Å². The summed E-state index contributed by atoms with van der Waals surface area (Å²) in [7, 11) is 0. The third-order valence-corrected chi connectivity index (χ3v) is 4.91. The average Bonchev–Trinajstić information content (AvgIpc) is 2.95. The van der Waals surface area contributed by atoms with Gasteiger partial charge in [0.1, 0.15) is 12.0 Å². The Labute approximate surface area is 159 Å². The van der Waals surface area contributed by atoms with Gasteiger partial charge in [-0.1, -0.05) is 41.4 Å². The number of rotatable bonds is 4. The summed E-state index contributed by atoms with van der Waals surface area (Å²) >= 11 is 11.7. The van der Waals surface area contributed by atoms with Gasteiger partial charge < -0.3 is 15.3 Å². The molecule has 2 aromatic carbocycles. The summed E-state index contributed by atoms with van der Waals surface area (Å²) in [6.45, 7) is -0.0233. The molecule has 0 bridgehead atoms. The quantitative estimate of drug-likeness (QED) is 0.837. The first-order valence-corrected chi connectivity index (χ1v) is 8.49. The summed E-state index contributed by atoms with van der Waals surface area (Å²) in [5.74, 6) is -3.29. The molecule has 1 saturated heterocycles. The first kappa shape index (κ1) is 18.2. The SMILES string of the molecule is O=C(N[C@@H]1C(=O)N(c2ccccc2)C[C@@H]1C(=O)O)c1ccc(Cl)c(Cl)c1. The predicted octanol–water partition coefficient (Wildman–Crippen LogP) is 2.84. The van der Waals surface area contributed by atoms with Crippen molar-refractivity contribution in [3.05, 3.63) is 64.1 Å². The maximum absolute atomic E-state index is 12.7. The minimum atomic E-state index is -1.17. The average molecular weight is 393 g/mol. The number of nitrogens with one attached hydrogen (secondary N) is 1. The standard InChI is InChI=1S/C18H14Cl2N2O4/c19-13-7-6-10(8-14(13)20)16(23)21-15-12(18(25)26)9-22(17(15)24)11-4-2-1-3-5-11/h1-8,12,15H,9H2,(H,21,23)(H,25,26)/t12-,15-/m0/s1. The second-order valence-corrected chi connectivity index (χ2v) is 6.62. The van der Waals surface area contributed by atoms with Crippen LogP contribution >= 0.6 is 23.2 Å². The van der Waals surface area contributed by atoms with Crippen LogP contribution in [0.5, 0.6) is 0 Å². The molecule has 1 aliphatic heterocycles. The smallest absolute Gasteiger partial charge is 0.310 e. The number of carboxylic acids is 1. The van der Waals surface area contributed by atoms with Gasteiger partial charge >= 0.3 is 5.97 Å². The van der Waals surface area contributed by atoms with E-state index in [0.29, 0.717) is 10.7 Å². The highest BCUT2D eigenvalue weighted by Crippen LogP contribution is 2.27. The number of para-hydroxylation sites is 1. The van der Waals surface area contributed by atoms with Gasteiger partial charge in [0.15, 0.2) is 0 Å². The fourth-order valence-corrected chi connectivity index (χ4v) is 3.12. The minimum absolute atomic E-state index is 0.0233. The zero-order chi connectivity index (χ0) is 18.8. The van der Waals surface area contributed by atoms with Crippen LogP contribution in [0, 0.1) is 5.92 Å². The van der Waals surface area contributed by atoms with E-state index in [0.717, 1.165) is 0 Å². The zero-order valence-electron chi connectivity index (χ0n) is 13.4. The number of nitrogens with zero attached hydrogens (tertiary/aromatic N) is 1. The Balaban J connectivity index is 1.84. The van der Waals surface area contributed by atoms with Gasteiger partial charge in [-0.2, -0.15) is 0 Å². The number of carbonyl (C=O) groups excluding carboxylic acids is 2. The van der Waals surface area contributed by atoms with Gasteiger partial charge in [-0.15, -0.1) is 0 Å². The Bertz CT molecular complexity index is 873. The van der Waals surface area contributed by atoms with Crippen molar-refractivity contribution in [1.82, 2.24) is 5.32 Å². The molecular weight excluding hydrogens is 379 g/mol. The van der Waals surface area contributed by atoms with Crippen LogP contribution in [0.2, 0.25) is 10.0 Å². The largest absolute Gasteiger partial charge is 0.481 e. The Morgan fingerprint density at radius 1 is 1.08 bits per heavy atom. The minimum Gasteiger partial charge on any atom is -0.481 e. The van der Waals surface area contributed by atoms with E-state index in [1.807, 2.05) is 0 Å². The van der Waals surface area contributed by atoms with Gasteiger partial charge in [-0.25, -0.2) is 0 Å². The topological polar surface area (TPSA) is 86.7 Å². The summed E-state index contributed by atoms with van der Waals surface area (Å²) in [6.07, 6.45) is 0. The van der Waals surface area contributed by atoms with Crippen LogP contribution in [-0.4, -0.2) is 35.5 Å². The van der Waals surface area contributed by atoms with E-state index in [2.05, 4.69) is 5.32 Å². The molecule has 2 aromatic rings. The molecule has 0 radical (unpaired) electrons. The Morgan fingerprint density at radius 3 is 2.38 bits per heavy atom. The monoisotopic (exact) mass is 392 g/mol. The molecule has 134 valence electrons. The first-order chi connectivity index (χ1) is 12.4. The molecule has 2 amide bonds. The lowest BCUT2D eigenvalue weighted by Crippen LogP contribution is -2.46. The van der Waals surface area contributed by atoms with Gasteiger partial charge in [0, 0.05) is 17.8 Å². The number of halogens is 2. The van der Waals surface area contributed by atoms with Gasteiger partial charge in [0.25, 0.3) is 11.8 Å². The Kier molecular flexibility index (Phi) is 5.15. The van der Waals surface area contributed by atoms with E-state index in [-0.39, 0.29) is 17.1 Å². The van der Waals surface area contributed by atoms with Gasteiger partial charge in [0.05, 0.1) is 10.0 Å². The molecule has 0 spiro atoms. The van der Waals surface area contributed by atoms with Gasteiger partial charge in [0.2, 0.25) is 0 Å². The highest BCUT2D eigenvalue weighted by Gasteiger charge is 2.45. The molecule has 1 aliphatic rings. The normalized spacial score (nSPS) is 19.5. The lowest BCUT2D eigenvalue weighted by molar-refractivity contribution is -0.142. The van der Waals surface area contributed by atoms with E-state index in [9.17, 15) is 19.5 Å². The molecule has 3 rings (SSSR count). The number of benzene rings is 2. The second kappa shape index (κ2) is 7.35. The van der Waals surface area contributed by atoms with Crippen LogP contribution < -0.4 is 10.2 Å². The molecule has 2 atom stereocenters. The lowest BCUT2D eigenvalue weighted by atomic mass is 10.0. The molecule has 1 fully saturated rings. The molecular formula is C18H14Cl2N2O4. The summed E-state index contributed by atoms with van der Waals surface area (Å²) in [6, 6.07) is 11.8. The fourth-order valence-electron chi connectivity index (χ4n) is 2.82. The molecule has 0 saturated carbocycles. The number of hydrogen-bond acceptors (Lipinski definition) is 3. The van der Waals surface area contributed by atoms with Crippen molar-refractivity contribution in [3.8, 4) is 0 Å². The molecule has 0 unspecified atom stereocenters. The third-order valence-electron chi connectivity index (χ3n) is 4.17. The predicted molar refractivity (Wildman–Crippen MR) is 97.6 cm³/mol. The van der Waals surface area contributed by atoms with Crippen molar-refractivity contribution < 1.29 is 19.5 Å². The van der Waals surface area contributed by atoms with Crippen molar-refractivity contribution in [2.24, 2.45) is 5.92 Å². The number of hydrogen-bond donors (Lipinski definition) is 2. The number of carboxylic acid groups (broad SMARTS) is 1. The number of anilines is 1. The van der Waals surface area contributed by atoms with Crippen molar-refractivity contribution in [2.45, 2.75) is 6.04 Å². The van der Waals surface area contributed by atoms with E-state index >= 15 is 0 Å². The molecule has 26 heavy (non-hydrogen) atoms. The maximum Gasteiger partial charge on any atom is 0.310 e. The third kappa shape index (κ3) is 3.52. The number of carbonyl (C=O) groups is 3. The van der Waals surface area contributed by atoms with Gasteiger partial charge in [-0.05, 0) is 30.3 Å². The molecule has 1 heterocycles. The van der Waals surface area contributed by atoms with Crippen LogP contribution in [-0.2, 0) is 9.59 Å². The fraction of sp³-hybridized carbons (Fsp3) is 0.167. The van der Waals surface area contributed by atoms with Crippen LogP contribution in [0.25, 0.3) is 0 Å². The summed E-state index contributed by atoms with van der Waals surface area (Å²) in [5.41, 5.74) is 0.768. The molecule has 2 N–H and O–H groups in total. The van der Waals surface area contributed by atoms with Crippen LogP contribution in [0.15, 0.2) is 48.5 Å². The van der Waals surface area contributed by atoms with Crippen LogP contribution in [0.4, 0.5) is 5.69 Å². The van der Waals surface area contributed by atoms with E-state index in [1.54, 1.807) is 30.3 Å². The van der Waals surface area contributed by atoms with E-state index < -0.39 is 29.7 Å². The first-order valence-electron chi connectivity index (χ1n) is 7.73.